The first-order valence-electron chi connectivity index (χ1n) is 9.48. The van der Waals surface area contributed by atoms with Crippen LogP contribution in [0.3, 0.4) is 0 Å². The number of benzene rings is 1. The minimum atomic E-state index is -0.697. The van der Waals surface area contributed by atoms with Crippen molar-refractivity contribution >= 4 is 17.6 Å². The Morgan fingerprint density at radius 2 is 2.15 bits per heavy atom. The predicted octanol–water partition coefficient (Wildman–Crippen LogP) is 3.01. The van der Waals surface area contributed by atoms with Gasteiger partial charge in [0, 0.05) is 5.69 Å². The molecule has 5 nitrogen and oxygen atoms in total. The highest BCUT2D eigenvalue weighted by Crippen LogP contribution is 2.53. The van der Waals surface area contributed by atoms with Crippen LogP contribution >= 0.6 is 0 Å². The van der Waals surface area contributed by atoms with Crippen LogP contribution in [0.5, 0.6) is 0 Å². The van der Waals surface area contributed by atoms with Gasteiger partial charge in [-0.15, -0.1) is 0 Å². The third kappa shape index (κ3) is 2.57. The van der Waals surface area contributed by atoms with Gasteiger partial charge in [-0.1, -0.05) is 50.1 Å². The molecule has 2 unspecified atom stereocenters. The van der Waals surface area contributed by atoms with Gasteiger partial charge in [-0.05, 0) is 25.0 Å². The van der Waals surface area contributed by atoms with Crippen molar-refractivity contribution in [3.63, 3.8) is 0 Å². The molecule has 138 valence electrons. The number of anilines is 1. The zero-order chi connectivity index (χ0) is 18.3. The fourth-order valence-corrected chi connectivity index (χ4v) is 4.46. The van der Waals surface area contributed by atoms with Crippen LogP contribution in [-0.4, -0.2) is 36.7 Å². The lowest BCUT2D eigenvalue weighted by atomic mass is 9.77. The molecule has 0 aliphatic carbocycles. The van der Waals surface area contributed by atoms with Crippen molar-refractivity contribution in [3.05, 3.63) is 42.0 Å². The van der Waals surface area contributed by atoms with Crippen LogP contribution in [0.15, 0.2) is 36.4 Å². The maximum Gasteiger partial charge on any atom is 0.312 e. The predicted molar refractivity (Wildman–Crippen MR) is 97.7 cm³/mol. The molecule has 26 heavy (non-hydrogen) atoms. The Morgan fingerprint density at radius 3 is 2.92 bits per heavy atom. The summed E-state index contributed by atoms with van der Waals surface area (Å²) in [7, 11) is 0. The standard InChI is InChI=1S/C21H25NO4/c1-3-4-7-12-25-20(24)17-16-10-11-21(26-16)13-22(19(23)18(17)21)15-9-6-5-8-14(15)2/h5-6,8-11,16-18H,3-4,7,12-13H2,1-2H3/t16-,17?,18-,21?/m0/s1. The van der Waals surface area contributed by atoms with Gasteiger partial charge in [-0.25, -0.2) is 0 Å². The summed E-state index contributed by atoms with van der Waals surface area (Å²) in [5, 5.41) is 0. The summed E-state index contributed by atoms with van der Waals surface area (Å²) >= 11 is 0. The fourth-order valence-electron chi connectivity index (χ4n) is 4.46. The smallest absolute Gasteiger partial charge is 0.312 e. The van der Waals surface area contributed by atoms with Crippen molar-refractivity contribution in [2.75, 3.05) is 18.1 Å². The summed E-state index contributed by atoms with van der Waals surface area (Å²) in [4.78, 5) is 27.7. The van der Waals surface area contributed by atoms with Gasteiger partial charge in [0.05, 0.1) is 25.2 Å². The molecular formula is C21H25NO4. The second kappa shape index (κ2) is 6.54. The quantitative estimate of drug-likeness (QED) is 0.447. The Bertz CT molecular complexity index is 758. The van der Waals surface area contributed by atoms with E-state index >= 15 is 0 Å². The van der Waals surface area contributed by atoms with Crippen molar-refractivity contribution in [2.45, 2.75) is 44.8 Å². The number of hydrogen-bond donors (Lipinski definition) is 0. The van der Waals surface area contributed by atoms with Crippen LogP contribution in [0.25, 0.3) is 0 Å². The van der Waals surface area contributed by atoms with E-state index in [1.807, 2.05) is 43.3 Å². The molecule has 5 heteroatoms. The van der Waals surface area contributed by atoms with E-state index in [0.29, 0.717) is 13.2 Å². The fraction of sp³-hybridized carbons (Fsp3) is 0.524. The number of fused-ring (bicyclic) bond motifs is 1. The van der Waals surface area contributed by atoms with E-state index in [1.165, 1.54) is 0 Å². The van der Waals surface area contributed by atoms with E-state index in [9.17, 15) is 9.59 Å². The Balaban J connectivity index is 1.56. The second-order valence-electron chi connectivity index (χ2n) is 7.49. The average molecular weight is 355 g/mol. The van der Waals surface area contributed by atoms with E-state index < -0.39 is 17.4 Å². The minimum absolute atomic E-state index is 0.0401. The number of carbonyl (C=O) groups excluding carboxylic acids is 2. The third-order valence-corrected chi connectivity index (χ3v) is 5.77. The van der Waals surface area contributed by atoms with Gasteiger partial charge in [-0.2, -0.15) is 0 Å². The molecule has 3 heterocycles. The molecule has 2 saturated heterocycles. The average Bonchev–Trinajstić information content (AvgIpc) is 3.27. The molecule has 1 aromatic carbocycles. The number of esters is 1. The minimum Gasteiger partial charge on any atom is -0.465 e. The number of carbonyl (C=O) groups is 2. The highest BCUT2D eigenvalue weighted by molar-refractivity contribution is 6.03. The molecule has 0 saturated carbocycles. The molecule has 1 aromatic rings. The van der Waals surface area contributed by atoms with Crippen LogP contribution in [0, 0.1) is 18.8 Å². The van der Waals surface area contributed by atoms with Crippen LogP contribution in [-0.2, 0) is 19.1 Å². The van der Waals surface area contributed by atoms with Crippen LogP contribution in [0.2, 0.25) is 0 Å². The van der Waals surface area contributed by atoms with Crippen molar-refractivity contribution in [3.8, 4) is 0 Å². The van der Waals surface area contributed by atoms with Crippen LogP contribution in [0.4, 0.5) is 5.69 Å². The summed E-state index contributed by atoms with van der Waals surface area (Å²) in [6, 6.07) is 7.81. The first-order valence-corrected chi connectivity index (χ1v) is 9.48. The lowest BCUT2D eigenvalue weighted by Crippen LogP contribution is -2.40. The number of nitrogens with zero attached hydrogens (tertiary/aromatic N) is 1. The largest absolute Gasteiger partial charge is 0.465 e. The van der Waals surface area contributed by atoms with Crippen molar-refractivity contribution in [1.29, 1.82) is 0 Å². The van der Waals surface area contributed by atoms with Crippen molar-refractivity contribution in [1.82, 2.24) is 0 Å². The maximum absolute atomic E-state index is 13.2. The Kier molecular flexibility index (Phi) is 4.35. The molecule has 3 aliphatic heterocycles. The molecule has 0 radical (unpaired) electrons. The SMILES string of the molecule is CCCCCOC(=O)C1[C@@H]2C=CC3(CN(c4ccccc4C)C(=O)[C@H]13)O2. The molecule has 2 bridgehead atoms. The van der Waals surface area contributed by atoms with Gasteiger partial charge < -0.3 is 14.4 Å². The number of unbranched alkanes of at least 4 members (excludes halogenated alkanes) is 2. The zero-order valence-corrected chi connectivity index (χ0v) is 15.3. The molecule has 4 rings (SSSR count). The highest BCUT2D eigenvalue weighted by atomic mass is 16.6. The molecule has 0 aromatic heterocycles. The molecule has 1 spiro atoms. The van der Waals surface area contributed by atoms with Crippen molar-refractivity contribution in [2.24, 2.45) is 11.8 Å². The van der Waals surface area contributed by atoms with Gasteiger partial charge in [-0.3, -0.25) is 9.59 Å². The Labute approximate surface area is 154 Å². The second-order valence-corrected chi connectivity index (χ2v) is 7.49. The Morgan fingerprint density at radius 1 is 1.35 bits per heavy atom. The number of hydrogen-bond acceptors (Lipinski definition) is 4. The monoisotopic (exact) mass is 355 g/mol. The van der Waals surface area contributed by atoms with Crippen LogP contribution < -0.4 is 4.90 Å². The number of rotatable bonds is 6. The molecule has 0 N–H and O–H groups in total. The topological polar surface area (TPSA) is 55.8 Å². The van der Waals surface area contributed by atoms with E-state index in [0.717, 1.165) is 30.5 Å². The van der Waals surface area contributed by atoms with Gasteiger partial charge in [0.25, 0.3) is 0 Å². The summed E-state index contributed by atoms with van der Waals surface area (Å²) in [6.07, 6.45) is 6.51. The summed E-state index contributed by atoms with van der Waals surface area (Å²) in [5.41, 5.74) is 1.23. The summed E-state index contributed by atoms with van der Waals surface area (Å²) in [5.74, 6) is -1.37. The van der Waals surface area contributed by atoms with Crippen molar-refractivity contribution < 1.29 is 19.1 Å². The number of para-hydroxylation sites is 1. The zero-order valence-electron chi connectivity index (χ0n) is 15.3. The van der Waals surface area contributed by atoms with Gasteiger partial charge in [0.2, 0.25) is 5.91 Å². The van der Waals surface area contributed by atoms with E-state index in [4.69, 9.17) is 9.47 Å². The third-order valence-electron chi connectivity index (χ3n) is 5.77. The first kappa shape index (κ1) is 17.3. The normalized spacial score (nSPS) is 31.5. The molecular weight excluding hydrogens is 330 g/mol. The molecule has 3 aliphatic rings. The van der Waals surface area contributed by atoms with Gasteiger partial charge in [0.1, 0.15) is 11.5 Å². The molecule has 1 amide bonds. The van der Waals surface area contributed by atoms with E-state index in [-0.39, 0.29) is 18.0 Å². The van der Waals surface area contributed by atoms with Gasteiger partial charge in [0.15, 0.2) is 0 Å². The Hall–Kier alpha value is -2.14. The lowest BCUT2D eigenvalue weighted by molar-refractivity contribution is -0.152. The number of ether oxygens (including phenoxy) is 2. The van der Waals surface area contributed by atoms with Gasteiger partial charge >= 0.3 is 5.97 Å². The van der Waals surface area contributed by atoms with Crippen LogP contribution in [0.1, 0.15) is 31.7 Å². The molecule has 4 atom stereocenters. The summed E-state index contributed by atoms with van der Waals surface area (Å²) < 4.78 is 11.6. The lowest BCUT2D eigenvalue weighted by Gasteiger charge is -2.23. The number of amides is 1. The first-order chi connectivity index (χ1) is 12.6. The highest BCUT2D eigenvalue weighted by Gasteiger charge is 2.67. The number of aryl methyl sites for hydroxylation is 1. The van der Waals surface area contributed by atoms with E-state index in [2.05, 4.69) is 6.92 Å². The maximum atomic E-state index is 13.2. The molecule has 2 fully saturated rings. The van der Waals surface area contributed by atoms with E-state index in [1.54, 1.807) is 4.90 Å². The summed E-state index contributed by atoms with van der Waals surface area (Å²) in [6.45, 7) is 4.96.